The fourth-order valence-electron chi connectivity index (χ4n) is 3.62. The van der Waals surface area contributed by atoms with Gasteiger partial charge in [0, 0.05) is 30.2 Å². The molecule has 0 atom stereocenters. The van der Waals surface area contributed by atoms with Crippen molar-refractivity contribution in [3.63, 3.8) is 0 Å². The van der Waals surface area contributed by atoms with Crippen molar-refractivity contribution in [1.82, 2.24) is 9.97 Å². The lowest BCUT2D eigenvalue weighted by atomic mass is 9.97. The number of aromatic nitrogens is 2. The Kier molecular flexibility index (Phi) is 5.19. The lowest BCUT2D eigenvalue weighted by Gasteiger charge is -2.31. The number of nitrogens with zero attached hydrogens (tertiary/aromatic N) is 3. The van der Waals surface area contributed by atoms with Crippen molar-refractivity contribution < 1.29 is 13.9 Å². The number of ether oxygens (including phenoxy) is 1. The number of esters is 1. The number of halogens is 1. The summed E-state index contributed by atoms with van der Waals surface area (Å²) >= 11 is 0. The zero-order valence-electron chi connectivity index (χ0n) is 15.8. The zero-order valence-corrected chi connectivity index (χ0v) is 15.8. The van der Waals surface area contributed by atoms with Crippen LogP contribution in [0.5, 0.6) is 0 Å². The summed E-state index contributed by atoms with van der Waals surface area (Å²) in [6.07, 6.45) is 3.11. The van der Waals surface area contributed by atoms with Crippen LogP contribution in [0.4, 0.5) is 10.2 Å². The number of fused-ring (bicyclic) bond motifs is 1. The minimum Gasteiger partial charge on any atom is -0.466 e. The molecule has 1 aliphatic heterocycles. The monoisotopic (exact) mass is 379 g/mol. The number of pyridine rings is 2. The second-order valence-corrected chi connectivity index (χ2v) is 6.96. The number of rotatable bonds is 4. The van der Waals surface area contributed by atoms with E-state index in [9.17, 15) is 9.18 Å². The predicted octanol–water partition coefficient (Wildman–Crippen LogP) is 4.22. The van der Waals surface area contributed by atoms with Gasteiger partial charge in [-0.1, -0.05) is 6.07 Å². The molecule has 0 aliphatic carbocycles. The van der Waals surface area contributed by atoms with E-state index in [-0.39, 0.29) is 11.9 Å². The maximum absolute atomic E-state index is 13.0. The Bertz CT molecular complexity index is 983. The van der Waals surface area contributed by atoms with E-state index in [0.717, 1.165) is 53.8 Å². The van der Waals surface area contributed by atoms with Gasteiger partial charge in [0.2, 0.25) is 5.95 Å². The first kappa shape index (κ1) is 18.3. The average molecular weight is 379 g/mol. The molecule has 6 heteroatoms. The zero-order chi connectivity index (χ0) is 19.5. The van der Waals surface area contributed by atoms with Gasteiger partial charge in [-0.2, -0.15) is 4.39 Å². The van der Waals surface area contributed by atoms with Gasteiger partial charge < -0.3 is 9.64 Å². The smallest absolute Gasteiger partial charge is 0.309 e. The number of anilines is 1. The normalized spacial score (nSPS) is 15.0. The molecule has 0 saturated carbocycles. The van der Waals surface area contributed by atoms with Crippen molar-refractivity contribution >= 4 is 22.7 Å². The lowest BCUT2D eigenvalue weighted by Crippen LogP contribution is -2.37. The molecule has 144 valence electrons. The van der Waals surface area contributed by atoms with Gasteiger partial charge in [0.05, 0.1) is 18.0 Å². The quantitative estimate of drug-likeness (QED) is 0.502. The molecule has 4 rings (SSSR count). The van der Waals surface area contributed by atoms with Crippen molar-refractivity contribution in [3.05, 3.63) is 54.6 Å². The Balaban J connectivity index is 1.50. The van der Waals surface area contributed by atoms with Crippen LogP contribution in [0.2, 0.25) is 0 Å². The third-order valence-electron chi connectivity index (χ3n) is 5.17. The Morgan fingerprint density at radius 2 is 1.93 bits per heavy atom. The standard InChI is InChI=1S/C22H22FN3O2/c1-2-28-22(27)15-9-11-26(12-10-15)21-8-5-17-13-16(3-6-19(17)25-21)18-4-7-20(23)24-14-18/h3-8,13-15H,2,9-12H2,1H3. The molecule has 0 N–H and O–H groups in total. The van der Waals surface area contributed by atoms with Crippen LogP contribution < -0.4 is 4.90 Å². The van der Waals surface area contributed by atoms with E-state index < -0.39 is 5.95 Å². The van der Waals surface area contributed by atoms with E-state index in [1.807, 2.05) is 31.2 Å². The summed E-state index contributed by atoms with van der Waals surface area (Å²) in [6, 6.07) is 13.1. The molecule has 0 unspecified atom stereocenters. The number of piperidine rings is 1. The third-order valence-corrected chi connectivity index (χ3v) is 5.17. The van der Waals surface area contributed by atoms with Crippen molar-refractivity contribution in [3.8, 4) is 11.1 Å². The van der Waals surface area contributed by atoms with E-state index in [0.29, 0.717) is 6.61 Å². The van der Waals surface area contributed by atoms with Crippen LogP contribution in [-0.4, -0.2) is 35.6 Å². The SMILES string of the molecule is CCOC(=O)C1CCN(c2ccc3cc(-c4ccc(F)nc4)ccc3n2)CC1. The molecular formula is C22H22FN3O2. The molecule has 0 radical (unpaired) electrons. The van der Waals surface area contributed by atoms with E-state index in [1.165, 1.54) is 12.3 Å². The van der Waals surface area contributed by atoms with E-state index >= 15 is 0 Å². The van der Waals surface area contributed by atoms with Gasteiger partial charge in [0.25, 0.3) is 0 Å². The molecule has 1 aliphatic rings. The summed E-state index contributed by atoms with van der Waals surface area (Å²) in [5.41, 5.74) is 2.75. The van der Waals surface area contributed by atoms with Gasteiger partial charge in [0.15, 0.2) is 0 Å². The number of carbonyl (C=O) groups is 1. The number of benzene rings is 1. The first-order valence-corrected chi connectivity index (χ1v) is 9.58. The predicted molar refractivity (Wildman–Crippen MR) is 107 cm³/mol. The Labute approximate surface area is 163 Å². The summed E-state index contributed by atoms with van der Waals surface area (Å²) in [7, 11) is 0. The van der Waals surface area contributed by atoms with Crippen LogP contribution in [-0.2, 0) is 9.53 Å². The van der Waals surface area contributed by atoms with Gasteiger partial charge in [-0.05, 0) is 61.7 Å². The summed E-state index contributed by atoms with van der Waals surface area (Å²) in [5, 5.41) is 1.02. The second-order valence-electron chi connectivity index (χ2n) is 6.96. The number of carbonyl (C=O) groups excluding carboxylic acids is 1. The van der Waals surface area contributed by atoms with Crippen molar-refractivity contribution in [2.24, 2.45) is 5.92 Å². The topological polar surface area (TPSA) is 55.3 Å². The molecule has 1 aromatic carbocycles. The molecule has 0 amide bonds. The first-order chi connectivity index (χ1) is 13.6. The highest BCUT2D eigenvalue weighted by atomic mass is 19.1. The molecule has 2 aromatic heterocycles. The van der Waals surface area contributed by atoms with Crippen LogP contribution in [0.25, 0.3) is 22.0 Å². The maximum atomic E-state index is 13.0. The summed E-state index contributed by atoms with van der Waals surface area (Å²) in [5.74, 6) is 0.341. The van der Waals surface area contributed by atoms with Gasteiger partial charge in [-0.15, -0.1) is 0 Å². The summed E-state index contributed by atoms with van der Waals surface area (Å²) in [6.45, 7) is 3.86. The molecule has 1 fully saturated rings. The summed E-state index contributed by atoms with van der Waals surface area (Å²) < 4.78 is 18.2. The summed E-state index contributed by atoms with van der Waals surface area (Å²) in [4.78, 5) is 22.6. The lowest BCUT2D eigenvalue weighted by molar-refractivity contribution is -0.148. The van der Waals surface area contributed by atoms with Crippen molar-refractivity contribution in [2.75, 3.05) is 24.6 Å². The van der Waals surface area contributed by atoms with Crippen LogP contribution in [0.3, 0.4) is 0 Å². The van der Waals surface area contributed by atoms with Crippen LogP contribution >= 0.6 is 0 Å². The molecule has 3 heterocycles. The maximum Gasteiger partial charge on any atom is 0.309 e. The minimum absolute atomic E-state index is 0.0106. The van der Waals surface area contributed by atoms with Gasteiger partial charge >= 0.3 is 5.97 Å². The van der Waals surface area contributed by atoms with Gasteiger partial charge in [-0.25, -0.2) is 9.97 Å². The largest absolute Gasteiger partial charge is 0.466 e. The Morgan fingerprint density at radius 3 is 2.64 bits per heavy atom. The Morgan fingerprint density at radius 1 is 1.14 bits per heavy atom. The third kappa shape index (κ3) is 3.81. The van der Waals surface area contributed by atoms with E-state index in [2.05, 4.69) is 16.0 Å². The minimum atomic E-state index is -0.484. The van der Waals surface area contributed by atoms with Crippen LogP contribution in [0.15, 0.2) is 48.7 Å². The van der Waals surface area contributed by atoms with E-state index in [1.54, 1.807) is 6.07 Å². The number of hydrogen-bond donors (Lipinski definition) is 0. The highest BCUT2D eigenvalue weighted by molar-refractivity contribution is 5.85. The molecule has 0 spiro atoms. The molecule has 28 heavy (non-hydrogen) atoms. The van der Waals surface area contributed by atoms with Gasteiger partial charge in [-0.3, -0.25) is 4.79 Å². The van der Waals surface area contributed by atoms with Gasteiger partial charge in [0.1, 0.15) is 5.82 Å². The Hall–Kier alpha value is -3.02. The molecule has 0 bridgehead atoms. The second kappa shape index (κ2) is 7.92. The van der Waals surface area contributed by atoms with Crippen LogP contribution in [0, 0.1) is 11.9 Å². The van der Waals surface area contributed by atoms with Crippen LogP contribution in [0.1, 0.15) is 19.8 Å². The molecule has 1 saturated heterocycles. The number of hydrogen-bond acceptors (Lipinski definition) is 5. The highest BCUT2D eigenvalue weighted by Gasteiger charge is 2.26. The van der Waals surface area contributed by atoms with Crippen molar-refractivity contribution in [1.29, 1.82) is 0 Å². The van der Waals surface area contributed by atoms with Crippen molar-refractivity contribution in [2.45, 2.75) is 19.8 Å². The first-order valence-electron chi connectivity index (χ1n) is 9.58. The molecule has 3 aromatic rings. The average Bonchev–Trinajstić information content (AvgIpc) is 2.74. The molecular weight excluding hydrogens is 357 g/mol. The fraction of sp³-hybridized carbons (Fsp3) is 0.318. The molecule has 5 nitrogen and oxygen atoms in total. The van der Waals surface area contributed by atoms with E-state index in [4.69, 9.17) is 9.72 Å². The highest BCUT2D eigenvalue weighted by Crippen LogP contribution is 2.27. The fourth-order valence-corrected chi connectivity index (χ4v) is 3.62.